The van der Waals surface area contributed by atoms with Crippen molar-refractivity contribution in [1.29, 1.82) is 0 Å². The fourth-order valence-corrected chi connectivity index (χ4v) is 2.14. The summed E-state index contributed by atoms with van der Waals surface area (Å²) in [6.07, 6.45) is 2.41. The maximum absolute atomic E-state index is 11.7. The molecule has 0 fully saturated rings. The molecule has 1 aromatic rings. The van der Waals surface area contributed by atoms with Crippen LogP contribution in [0, 0.1) is 0 Å². The average molecular weight is 310 g/mol. The van der Waals surface area contributed by atoms with Gasteiger partial charge in [-0.1, -0.05) is 39.1 Å². The SMILES string of the molecule is O=C(CCCCBr)c1ccc(Cl)cc1Cl. The minimum atomic E-state index is 0.0811. The number of hydrogen-bond donors (Lipinski definition) is 0. The van der Waals surface area contributed by atoms with Gasteiger partial charge in [0.05, 0.1) is 5.02 Å². The third-order valence-electron chi connectivity index (χ3n) is 2.02. The molecule has 0 radical (unpaired) electrons. The molecule has 0 unspecified atom stereocenters. The molecule has 1 aromatic carbocycles. The molecule has 0 aromatic heterocycles. The number of rotatable bonds is 5. The van der Waals surface area contributed by atoms with Gasteiger partial charge >= 0.3 is 0 Å². The van der Waals surface area contributed by atoms with Crippen LogP contribution < -0.4 is 0 Å². The van der Waals surface area contributed by atoms with Crippen LogP contribution >= 0.6 is 39.1 Å². The molecule has 0 atom stereocenters. The van der Waals surface area contributed by atoms with E-state index in [4.69, 9.17) is 23.2 Å². The number of benzene rings is 1. The van der Waals surface area contributed by atoms with E-state index in [0.717, 1.165) is 18.2 Å². The third kappa shape index (κ3) is 4.13. The highest BCUT2D eigenvalue weighted by molar-refractivity contribution is 9.09. The maximum atomic E-state index is 11.7. The summed E-state index contributed by atoms with van der Waals surface area (Å²) in [6.45, 7) is 0. The number of unbranched alkanes of at least 4 members (excludes halogenated alkanes) is 1. The largest absolute Gasteiger partial charge is 0.294 e. The summed E-state index contributed by atoms with van der Waals surface area (Å²) in [4.78, 5) is 11.7. The van der Waals surface area contributed by atoms with E-state index in [1.807, 2.05) is 0 Å². The van der Waals surface area contributed by atoms with Crippen LogP contribution in [0.5, 0.6) is 0 Å². The maximum Gasteiger partial charge on any atom is 0.164 e. The Hall–Kier alpha value is -0.0500. The predicted molar refractivity (Wildman–Crippen MR) is 68.4 cm³/mol. The van der Waals surface area contributed by atoms with Crippen molar-refractivity contribution in [1.82, 2.24) is 0 Å². The molecule has 0 aliphatic carbocycles. The normalized spacial score (nSPS) is 10.3. The molecule has 0 amide bonds. The highest BCUT2D eigenvalue weighted by Gasteiger charge is 2.09. The quantitative estimate of drug-likeness (QED) is 0.436. The van der Waals surface area contributed by atoms with Crippen LogP contribution in [0.4, 0.5) is 0 Å². The minimum Gasteiger partial charge on any atom is -0.294 e. The van der Waals surface area contributed by atoms with Gasteiger partial charge in [0.2, 0.25) is 0 Å². The van der Waals surface area contributed by atoms with Crippen molar-refractivity contribution >= 4 is 44.9 Å². The summed E-state index contributed by atoms with van der Waals surface area (Å²) in [5, 5.41) is 1.91. The Morgan fingerprint density at radius 2 is 2.00 bits per heavy atom. The van der Waals surface area contributed by atoms with E-state index in [0.29, 0.717) is 22.0 Å². The first kappa shape index (κ1) is 13.0. The summed E-state index contributed by atoms with van der Waals surface area (Å²) < 4.78 is 0. The zero-order chi connectivity index (χ0) is 11.3. The zero-order valence-corrected chi connectivity index (χ0v) is 11.2. The lowest BCUT2D eigenvalue weighted by Crippen LogP contribution is -1.99. The van der Waals surface area contributed by atoms with E-state index in [1.54, 1.807) is 18.2 Å². The van der Waals surface area contributed by atoms with Crippen molar-refractivity contribution in [2.45, 2.75) is 19.3 Å². The number of carbonyl (C=O) groups excluding carboxylic acids is 1. The van der Waals surface area contributed by atoms with Crippen LogP contribution in [0.25, 0.3) is 0 Å². The molecule has 1 rings (SSSR count). The van der Waals surface area contributed by atoms with Gasteiger partial charge in [-0.05, 0) is 31.0 Å². The molecule has 82 valence electrons. The van der Waals surface area contributed by atoms with Crippen molar-refractivity contribution < 1.29 is 4.79 Å². The summed E-state index contributed by atoms with van der Waals surface area (Å²) in [5.74, 6) is 0.0811. The van der Waals surface area contributed by atoms with E-state index >= 15 is 0 Å². The van der Waals surface area contributed by atoms with E-state index in [2.05, 4.69) is 15.9 Å². The van der Waals surface area contributed by atoms with Crippen LogP contribution in [-0.4, -0.2) is 11.1 Å². The molecule has 0 aliphatic rings. The van der Waals surface area contributed by atoms with Gasteiger partial charge in [0.15, 0.2) is 5.78 Å². The second-order valence-corrected chi connectivity index (χ2v) is 4.83. The minimum absolute atomic E-state index is 0.0811. The molecule has 0 heterocycles. The van der Waals surface area contributed by atoms with Crippen molar-refractivity contribution in [3.63, 3.8) is 0 Å². The molecule has 0 bridgehead atoms. The van der Waals surface area contributed by atoms with Crippen LogP contribution in [0.15, 0.2) is 18.2 Å². The smallest absolute Gasteiger partial charge is 0.164 e. The molecular formula is C11H11BrCl2O. The summed E-state index contributed by atoms with van der Waals surface area (Å²) in [6, 6.07) is 4.97. The van der Waals surface area contributed by atoms with E-state index < -0.39 is 0 Å². The fourth-order valence-electron chi connectivity index (χ4n) is 1.23. The van der Waals surface area contributed by atoms with Crippen LogP contribution in [0.3, 0.4) is 0 Å². The Labute approximate surface area is 108 Å². The monoisotopic (exact) mass is 308 g/mol. The predicted octanol–water partition coefficient (Wildman–Crippen LogP) is 4.74. The first-order valence-electron chi connectivity index (χ1n) is 4.69. The molecule has 0 aliphatic heterocycles. The summed E-state index contributed by atoms with van der Waals surface area (Å²) in [5.41, 5.74) is 0.565. The Balaban J connectivity index is 2.65. The second kappa shape index (κ2) is 6.51. The third-order valence-corrected chi connectivity index (χ3v) is 3.13. The lowest BCUT2D eigenvalue weighted by atomic mass is 10.1. The van der Waals surface area contributed by atoms with E-state index in [1.165, 1.54) is 0 Å². The number of halogens is 3. The lowest BCUT2D eigenvalue weighted by Gasteiger charge is -2.03. The van der Waals surface area contributed by atoms with Crippen LogP contribution in [0.2, 0.25) is 10.0 Å². The lowest BCUT2D eigenvalue weighted by molar-refractivity contribution is 0.0980. The van der Waals surface area contributed by atoms with Crippen molar-refractivity contribution in [3.8, 4) is 0 Å². The van der Waals surface area contributed by atoms with Gasteiger partial charge in [-0.25, -0.2) is 0 Å². The zero-order valence-electron chi connectivity index (χ0n) is 8.10. The van der Waals surface area contributed by atoms with E-state index in [-0.39, 0.29) is 5.78 Å². The Morgan fingerprint density at radius 1 is 1.27 bits per heavy atom. The van der Waals surface area contributed by atoms with Gasteiger partial charge in [-0.2, -0.15) is 0 Å². The standard InChI is InChI=1S/C11H11BrCl2O/c12-6-2-1-3-11(15)9-5-4-8(13)7-10(9)14/h4-5,7H,1-3,6H2. The number of ketones is 1. The van der Waals surface area contributed by atoms with Crippen LogP contribution in [-0.2, 0) is 0 Å². The number of hydrogen-bond acceptors (Lipinski definition) is 1. The summed E-state index contributed by atoms with van der Waals surface area (Å²) in [7, 11) is 0. The Morgan fingerprint density at radius 3 is 2.60 bits per heavy atom. The van der Waals surface area contributed by atoms with Crippen LogP contribution in [0.1, 0.15) is 29.6 Å². The van der Waals surface area contributed by atoms with Gasteiger partial charge in [-0.15, -0.1) is 0 Å². The number of Topliss-reactive ketones (excluding diaryl/α,β-unsaturated/α-hetero) is 1. The van der Waals surface area contributed by atoms with Gasteiger partial charge in [0, 0.05) is 22.3 Å². The highest BCUT2D eigenvalue weighted by atomic mass is 79.9. The topological polar surface area (TPSA) is 17.1 Å². The Bertz CT molecular complexity index is 352. The van der Waals surface area contributed by atoms with E-state index in [9.17, 15) is 4.79 Å². The van der Waals surface area contributed by atoms with Crippen molar-refractivity contribution in [3.05, 3.63) is 33.8 Å². The number of alkyl halides is 1. The molecule has 0 spiro atoms. The Kier molecular flexibility index (Phi) is 5.65. The number of carbonyl (C=O) groups is 1. The summed E-state index contributed by atoms with van der Waals surface area (Å²) >= 11 is 15.0. The second-order valence-electron chi connectivity index (χ2n) is 3.19. The fraction of sp³-hybridized carbons (Fsp3) is 0.364. The van der Waals surface area contributed by atoms with Gasteiger partial charge < -0.3 is 0 Å². The average Bonchev–Trinajstić information content (AvgIpc) is 2.17. The first-order valence-corrected chi connectivity index (χ1v) is 6.57. The van der Waals surface area contributed by atoms with Gasteiger partial charge in [0.25, 0.3) is 0 Å². The van der Waals surface area contributed by atoms with Crippen molar-refractivity contribution in [2.75, 3.05) is 5.33 Å². The first-order chi connectivity index (χ1) is 7.15. The van der Waals surface area contributed by atoms with Gasteiger partial charge in [0.1, 0.15) is 0 Å². The molecule has 15 heavy (non-hydrogen) atoms. The molecule has 4 heteroatoms. The van der Waals surface area contributed by atoms with Crippen molar-refractivity contribution in [2.24, 2.45) is 0 Å². The van der Waals surface area contributed by atoms with Gasteiger partial charge in [-0.3, -0.25) is 4.79 Å². The molecule has 0 saturated carbocycles. The highest BCUT2D eigenvalue weighted by Crippen LogP contribution is 2.22. The molecule has 0 saturated heterocycles. The molecule has 0 N–H and O–H groups in total. The molecular weight excluding hydrogens is 299 g/mol. The molecule has 1 nitrogen and oxygen atoms in total.